The highest BCUT2D eigenvalue weighted by molar-refractivity contribution is 5.06. The van der Waals surface area contributed by atoms with Crippen LogP contribution in [0.25, 0.3) is 0 Å². The van der Waals surface area contributed by atoms with Crippen molar-refractivity contribution >= 4 is 0 Å². The van der Waals surface area contributed by atoms with Gasteiger partial charge in [0.1, 0.15) is 11.6 Å². The second kappa shape index (κ2) is 8.93. The summed E-state index contributed by atoms with van der Waals surface area (Å²) in [6.07, 6.45) is 9.58. The van der Waals surface area contributed by atoms with Crippen LogP contribution in [0.15, 0.2) is 24.4 Å². The lowest BCUT2D eigenvalue weighted by Crippen LogP contribution is -2.33. The highest BCUT2D eigenvalue weighted by atomic mass is 15.3. The molecule has 2 aliphatic rings. The largest absolute Gasteiger partial charge is 0.317 e. The summed E-state index contributed by atoms with van der Waals surface area (Å²) in [4.78, 5) is 9.52. The molecule has 0 unspecified atom stereocenters. The molecule has 0 saturated carbocycles. The molecule has 6 nitrogen and oxygen atoms in total. The van der Waals surface area contributed by atoms with E-state index in [0.717, 1.165) is 50.5 Å². The summed E-state index contributed by atoms with van der Waals surface area (Å²) in [5, 5.41) is 9.14. The van der Waals surface area contributed by atoms with Gasteiger partial charge in [-0.15, -0.1) is 10.2 Å². The molecule has 2 aliphatic heterocycles. The first-order valence-electron chi connectivity index (χ1n) is 10.5. The van der Waals surface area contributed by atoms with E-state index in [-0.39, 0.29) is 0 Å². The molecule has 4 rings (SSSR count). The van der Waals surface area contributed by atoms with Gasteiger partial charge in [0.2, 0.25) is 0 Å². The van der Waals surface area contributed by atoms with Crippen LogP contribution in [0.5, 0.6) is 0 Å². The molecular weight excluding hydrogens is 336 g/mol. The molecule has 2 fully saturated rings. The van der Waals surface area contributed by atoms with E-state index < -0.39 is 0 Å². The zero-order chi connectivity index (χ0) is 18.5. The van der Waals surface area contributed by atoms with E-state index in [1.165, 1.54) is 44.6 Å². The Morgan fingerprint density at radius 3 is 2.33 bits per heavy atom. The van der Waals surface area contributed by atoms with Gasteiger partial charge in [0.15, 0.2) is 0 Å². The monoisotopic (exact) mass is 368 g/mol. The van der Waals surface area contributed by atoms with Crippen molar-refractivity contribution in [3.05, 3.63) is 41.7 Å². The van der Waals surface area contributed by atoms with E-state index in [4.69, 9.17) is 0 Å². The average molecular weight is 369 g/mol. The fourth-order valence-electron chi connectivity index (χ4n) is 4.43. The molecule has 2 aromatic rings. The van der Waals surface area contributed by atoms with Gasteiger partial charge in [0.05, 0.1) is 12.2 Å². The highest BCUT2D eigenvalue weighted by Crippen LogP contribution is 2.27. The molecule has 0 aliphatic carbocycles. The molecule has 0 N–H and O–H groups in total. The summed E-state index contributed by atoms with van der Waals surface area (Å²) in [7, 11) is 2.16. The minimum atomic E-state index is 0.528. The van der Waals surface area contributed by atoms with Crippen molar-refractivity contribution in [3.8, 4) is 0 Å². The molecule has 0 atom stereocenters. The summed E-state index contributed by atoms with van der Waals surface area (Å²) < 4.78 is 2.27. The van der Waals surface area contributed by atoms with Crippen LogP contribution in [0.1, 0.15) is 61.8 Å². The molecule has 27 heavy (non-hydrogen) atoms. The maximum Gasteiger partial charge on any atom is 0.146 e. The fraction of sp³-hybridized carbons (Fsp3) is 0.667. The Labute approximate surface area is 162 Å². The van der Waals surface area contributed by atoms with Crippen molar-refractivity contribution in [1.29, 1.82) is 0 Å². The van der Waals surface area contributed by atoms with Crippen LogP contribution < -0.4 is 0 Å². The van der Waals surface area contributed by atoms with Gasteiger partial charge in [0.25, 0.3) is 0 Å². The van der Waals surface area contributed by atoms with Crippen LogP contribution in [0.2, 0.25) is 0 Å². The molecule has 0 bridgehead atoms. The number of rotatable bonds is 5. The summed E-state index contributed by atoms with van der Waals surface area (Å²) in [6, 6.07) is 6.16. The van der Waals surface area contributed by atoms with Gasteiger partial charge in [-0.2, -0.15) is 0 Å². The molecule has 4 heterocycles. The fourth-order valence-corrected chi connectivity index (χ4v) is 4.43. The Hall–Kier alpha value is -1.79. The quantitative estimate of drug-likeness (QED) is 0.812. The summed E-state index contributed by atoms with van der Waals surface area (Å²) in [5.41, 5.74) is 1.16. The average Bonchev–Trinajstić information content (AvgIpc) is 2.90. The Morgan fingerprint density at radius 2 is 1.63 bits per heavy atom. The Balaban J connectivity index is 1.32. The standard InChI is InChI=1S/C21H32N6/c1-25-20(17-26-12-6-2-3-7-13-26)23-24-21(25)18-9-14-27(15-10-18)16-19-8-4-5-11-22-19/h4-5,8,11,18H,2-3,6-7,9-10,12-17H2,1H3. The second-order valence-electron chi connectivity index (χ2n) is 8.10. The van der Waals surface area contributed by atoms with Crippen LogP contribution in [0, 0.1) is 0 Å². The molecule has 0 spiro atoms. The topological polar surface area (TPSA) is 50.1 Å². The number of piperidine rings is 1. The van der Waals surface area contributed by atoms with Crippen LogP contribution >= 0.6 is 0 Å². The number of hydrogen-bond acceptors (Lipinski definition) is 5. The van der Waals surface area contributed by atoms with Crippen LogP contribution in [0.4, 0.5) is 0 Å². The van der Waals surface area contributed by atoms with Crippen LogP contribution in [-0.2, 0) is 20.1 Å². The van der Waals surface area contributed by atoms with Crippen molar-refractivity contribution in [2.24, 2.45) is 7.05 Å². The number of pyridine rings is 1. The zero-order valence-corrected chi connectivity index (χ0v) is 16.6. The minimum Gasteiger partial charge on any atom is -0.317 e. The van der Waals surface area contributed by atoms with Gasteiger partial charge in [-0.05, 0) is 64.0 Å². The smallest absolute Gasteiger partial charge is 0.146 e. The van der Waals surface area contributed by atoms with E-state index >= 15 is 0 Å². The van der Waals surface area contributed by atoms with Crippen molar-refractivity contribution in [2.75, 3.05) is 26.2 Å². The van der Waals surface area contributed by atoms with Crippen LogP contribution in [-0.4, -0.2) is 55.7 Å². The Bertz CT molecular complexity index is 697. The summed E-state index contributed by atoms with van der Waals surface area (Å²) in [5.74, 6) is 2.83. The maximum absolute atomic E-state index is 4.59. The van der Waals surface area contributed by atoms with Crippen molar-refractivity contribution < 1.29 is 0 Å². The molecule has 2 saturated heterocycles. The van der Waals surface area contributed by atoms with Gasteiger partial charge in [-0.25, -0.2) is 0 Å². The van der Waals surface area contributed by atoms with E-state index in [1.807, 2.05) is 12.3 Å². The maximum atomic E-state index is 4.59. The van der Waals surface area contributed by atoms with E-state index in [9.17, 15) is 0 Å². The third-order valence-corrected chi connectivity index (χ3v) is 6.13. The molecule has 2 aromatic heterocycles. The second-order valence-corrected chi connectivity index (χ2v) is 8.10. The van der Waals surface area contributed by atoms with Gasteiger partial charge < -0.3 is 4.57 Å². The van der Waals surface area contributed by atoms with Crippen molar-refractivity contribution in [1.82, 2.24) is 29.5 Å². The third-order valence-electron chi connectivity index (χ3n) is 6.13. The minimum absolute atomic E-state index is 0.528. The molecular formula is C21H32N6. The van der Waals surface area contributed by atoms with Crippen molar-refractivity contribution in [3.63, 3.8) is 0 Å². The van der Waals surface area contributed by atoms with Crippen molar-refractivity contribution in [2.45, 2.75) is 57.5 Å². The lowest BCUT2D eigenvalue weighted by molar-refractivity contribution is 0.198. The molecule has 0 aromatic carbocycles. The van der Waals surface area contributed by atoms with Crippen LogP contribution in [0.3, 0.4) is 0 Å². The van der Waals surface area contributed by atoms with E-state index in [1.54, 1.807) is 0 Å². The predicted octanol–water partition coefficient (Wildman–Crippen LogP) is 2.97. The van der Waals surface area contributed by atoms with Gasteiger partial charge in [0, 0.05) is 25.7 Å². The normalized spacial score (nSPS) is 20.6. The lowest BCUT2D eigenvalue weighted by atomic mass is 9.96. The molecule has 146 valence electrons. The van der Waals surface area contributed by atoms with Gasteiger partial charge >= 0.3 is 0 Å². The van der Waals surface area contributed by atoms with E-state index in [0.29, 0.717) is 5.92 Å². The zero-order valence-electron chi connectivity index (χ0n) is 16.6. The molecule has 6 heteroatoms. The SMILES string of the molecule is Cn1c(CN2CCCCCC2)nnc1C1CCN(Cc2ccccn2)CC1. The first-order valence-corrected chi connectivity index (χ1v) is 10.5. The Kier molecular flexibility index (Phi) is 6.14. The predicted molar refractivity (Wildman–Crippen MR) is 106 cm³/mol. The first-order chi connectivity index (χ1) is 13.3. The lowest BCUT2D eigenvalue weighted by Gasteiger charge is -2.31. The van der Waals surface area contributed by atoms with Gasteiger partial charge in [-0.1, -0.05) is 18.9 Å². The number of aromatic nitrogens is 4. The number of nitrogens with zero attached hydrogens (tertiary/aromatic N) is 6. The van der Waals surface area contributed by atoms with E-state index in [2.05, 4.69) is 48.7 Å². The first kappa shape index (κ1) is 18.6. The molecule has 0 amide bonds. The summed E-state index contributed by atoms with van der Waals surface area (Å²) >= 11 is 0. The molecule has 0 radical (unpaired) electrons. The number of likely N-dealkylation sites (tertiary alicyclic amines) is 2. The summed E-state index contributed by atoms with van der Waals surface area (Å²) in [6.45, 7) is 6.52. The number of hydrogen-bond donors (Lipinski definition) is 0. The Morgan fingerprint density at radius 1 is 0.889 bits per heavy atom. The highest BCUT2D eigenvalue weighted by Gasteiger charge is 2.25. The third kappa shape index (κ3) is 4.74. The van der Waals surface area contributed by atoms with Gasteiger partial charge in [-0.3, -0.25) is 14.8 Å².